The van der Waals surface area contributed by atoms with Gasteiger partial charge in [-0.1, -0.05) is 49.2 Å². The average molecular weight is 491 g/mol. The SMILES string of the molecule is CCN(CC)CCCN1C(=O)C(=O)/C(=C(/O)c2ccc(OC)c(Cl)c2)C1c1ccc(Cl)cc1. The van der Waals surface area contributed by atoms with Gasteiger partial charge in [0, 0.05) is 17.1 Å². The third-order valence-corrected chi connectivity index (χ3v) is 6.47. The van der Waals surface area contributed by atoms with Gasteiger partial charge in [0.15, 0.2) is 0 Å². The van der Waals surface area contributed by atoms with E-state index in [0.29, 0.717) is 34.9 Å². The highest BCUT2D eigenvalue weighted by Crippen LogP contribution is 2.40. The van der Waals surface area contributed by atoms with Crippen molar-refractivity contribution in [2.45, 2.75) is 26.3 Å². The van der Waals surface area contributed by atoms with Crippen LogP contribution < -0.4 is 4.74 Å². The quantitative estimate of drug-likeness (QED) is 0.298. The normalized spacial score (nSPS) is 17.8. The number of methoxy groups -OCH3 is 1. The van der Waals surface area contributed by atoms with Gasteiger partial charge in [0.25, 0.3) is 11.7 Å². The highest BCUT2D eigenvalue weighted by Gasteiger charge is 2.45. The smallest absolute Gasteiger partial charge is 0.295 e. The lowest BCUT2D eigenvalue weighted by Crippen LogP contribution is -2.33. The van der Waals surface area contributed by atoms with Crippen molar-refractivity contribution in [3.05, 3.63) is 69.2 Å². The molecule has 0 aliphatic carbocycles. The highest BCUT2D eigenvalue weighted by molar-refractivity contribution is 6.46. The molecule has 0 radical (unpaired) electrons. The van der Waals surface area contributed by atoms with Crippen LogP contribution in [0.5, 0.6) is 5.75 Å². The molecule has 176 valence electrons. The summed E-state index contributed by atoms with van der Waals surface area (Å²) in [5.74, 6) is -1.18. The standard InChI is InChI=1S/C25H28Cl2N2O4/c1-4-28(5-2)13-6-14-29-22(16-7-10-18(26)11-8-16)21(24(31)25(29)32)23(30)17-9-12-20(33-3)19(27)15-17/h7-12,15,22,30H,4-6,13-14H2,1-3H3/b23-21+. The van der Waals surface area contributed by atoms with Crippen LogP contribution in [-0.2, 0) is 9.59 Å². The molecule has 0 aromatic heterocycles. The number of aliphatic hydroxyl groups excluding tert-OH is 1. The van der Waals surface area contributed by atoms with Crippen molar-refractivity contribution >= 4 is 40.7 Å². The zero-order valence-corrected chi connectivity index (χ0v) is 20.5. The van der Waals surface area contributed by atoms with Gasteiger partial charge in [0.2, 0.25) is 0 Å². The molecule has 1 aliphatic rings. The Balaban J connectivity index is 2.04. The Hall–Kier alpha value is -2.54. The van der Waals surface area contributed by atoms with Crippen molar-refractivity contribution in [1.29, 1.82) is 0 Å². The summed E-state index contributed by atoms with van der Waals surface area (Å²) in [4.78, 5) is 29.9. The van der Waals surface area contributed by atoms with Gasteiger partial charge in [-0.2, -0.15) is 0 Å². The average Bonchev–Trinajstić information content (AvgIpc) is 3.06. The number of ether oxygens (including phenoxy) is 1. The molecule has 1 atom stereocenters. The summed E-state index contributed by atoms with van der Waals surface area (Å²) < 4.78 is 5.17. The maximum Gasteiger partial charge on any atom is 0.295 e. The van der Waals surface area contributed by atoms with Crippen molar-refractivity contribution in [3.8, 4) is 5.75 Å². The number of benzene rings is 2. The minimum absolute atomic E-state index is 0.0337. The van der Waals surface area contributed by atoms with Crippen LogP contribution in [0.2, 0.25) is 10.0 Å². The molecule has 3 rings (SSSR count). The van der Waals surface area contributed by atoms with Crippen molar-refractivity contribution in [2.24, 2.45) is 0 Å². The Labute approximate surface area is 204 Å². The number of Topliss-reactive ketones (excluding diaryl/α,β-unsaturated/α-hetero) is 1. The fourth-order valence-corrected chi connectivity index (χ4v) is 4.46. The van der Waals surface area contributed by atoms with E-state index in [1.54, 1.807) is 36.4 Å². The topological polar surface area (TPSA) is 70.1 Å². The molecule has 0 saturated carbocycles. The van der Waals surface area contributed by atoms with E-state index in [4.69, 9.17) is 27.9 Å². The predicted octanol–water partition coefficient (Wildman–Crippen LogP) is 5.16. The lowest BCUT2D eigenvalue weighted by Gasteiger charge is -2.27. The number of hydrogen-bond acceptors (Lipinski definition) is 5. The zero-order chi connectivity index (χ0) is 24.1. The first-order chi connectivity index (χ1) is 15.8. The number of likely N-dealkylation sites (tertiary alicyclic amines) is 1. The Morgan fingerprint density at radius 1 is 1.09 bits per heavy atom. The summed E-state index contributed by atoms with van der Waals surface area (Å²) in [6.45, 7) is 7.18. The number of ketones is 1. The number of amides is 1. The second-order valence-corrected chi connectivity index (χ2v) is 8.62. The van der Waals surface area contributed by atoms with Crippen LogP contribution in [0.25, 0.3) is 5.76 Å². The van der Waals surface area contributed by atoms with Gasteiger partial charge in [-0.25, -0.2) is 0 Å². The van der Waals surface area contributed by atoms with Gasteiger partial charge < -0.3 is 19.6 Å². The molecule has 1 N–H and O–H groups in total. The lowest BCUT2D eigenvalue weighted by atomic mass is 9.95. The number of nitrogens with zero attached hydrogens (tertiary/aromatic N) is 2. The first kappa shape index (κ1) is 25.1. The van der Waals surface area contributed by atoms with Gasteiger partial charge in [-0.15, -0.1) is 0 Å². The van der Waals surface area contributed by atoms with Crippen LogP contribution >= 0.6 is 23.2 Å². The van der Waals surface area contributed by atoms with Crippen LogP contribution in [-0.4, -0.2) is 59.9 Å². The third kappa shape index (κ3) is 5.35. The van der Waals surface area contributed by atoms with E-state index in [9.17, 15) is 14.7 Å². The second-order valence-electron chi connectivity index (χ2n) is 7.77. The molecule has 0 bridgehead atoms. The fraction of sp³-hybridized carbons (Fsp3) is 0.360. The summed E-state index contributed by atoms with van der Waals surface area (Å²) >= 11 is 12.3. The van der Waals surface area contributed by atoms with E-state index in [2.05, 4.69) is 18.7 Å². The summed E-state index contributed by atoms with van der Waals surface area (Å²) in [6, 6.07) is 11.0. The molecular formula is C25H28Cl2N2O4. The van der Waals surface area contributed by atoms with E-state index in [1.807, 2.05) is 0 Å². The molecule has 1 fully saturated rings. The maximum absolute atomic E-state index is 13.1. The summed E-state index contributed by atoms with van der Waals surface area (Å²) in [7, 11) is 1.49. The third-order valence-electron chi connectivity index (χ3n) is 5.92. The Morgan fingerprint density at radius 2 is 1.76 bits per heavy atom. The Kier molecular flexibility index (Phi) is 8.40. The number of carbonyl (C=O) groups is 2. The molecule has 0 spiro atoms. The zero-order valence-electron chi connectivity index (χ0n) is 19.0. The van der Waals surface area contributed by atoms with E-state index < -0.39 is 17.7 Å². The summed E-state index contributed by atoms with van der Waals surface area (Å²) in [6.07, 6.45) is 0.702. The van der Waals surface area contributed by atoms with Gasteiger partial charge in [0.1, 0.15) is 11.5 Å². The molecule has 1 saturated heterocycles. The van der Waals surface area contributed by atoms with E-state index >= 15 is 0 Å². The Morgan fingerprint density at radius 3 is 2.33 bits per heavy atom. The molecular weight excluding hydrogens is 463 g/mol. The van der Waals surface area contributed by atoms with E-state index in [1.165, 1.54) is 18.1 Å². The predicted molar refractivity (Wildman–Crippen MR) is 131 cm³/mol. The number of aliphatic hydroxyl groups is 1. The van der Waals surface area contributed by atoms with Gasteiger partial charge in [-0.05, 0) is 62.0 Å². The fourth-order valence-electron chi connectivity index (χ4n) is 4.08. The minimum Gasteiger partial charge on any atom is -0.507 e. The lowest BCUT2D eigenvalue weighted by molar-refractivity contribution is -0.140. The molecule has 2 aromatic rings. The van der Waals surface area contributed by atoms with Crippen molar-refractivity contribution < 1.29 is 19.4 Å². The van der Waals surface area contributed by atoms with Crippen LogP contribution in [0.1, 0.15) is 37.4 Å². The van der Waals surface area contributed by atoms with Gasteiger partial charge in [0.05, 0.1) is 23.7 Å². The molecule has 6 nitrogen and oxygen atoms in total. The van der Waals surface area contributed by atoms with E-state index in [-0.39, 0.29) is 16.4 Å². The van der Waals surface area contributed by atoms with Gasteiger partial charge >= 0.3 is 0 Å². The molecule has 1 amide bonds. The highest BCUT2D eigenvalue weighted by atomic mass is 35.5. The number of hydrogen-bond donors (Lipinski definition) is 1. The molecule has 8 heteroatoms. The van der Waals surface area contributed by atoms with Crippen LogP contribution in [0.3, 0.4) is 0 Å². The van der Waals surface area contributed by atoms with Crippen LogP contribution in [0, 0.1) is 0 Å². The van der Waals surface area contributed by atoms with Crippen molar-refractivity contribution in [2.75, 3.05) is 33.3 Å². The van der Waals surface area contributed by atoms with Crippen LogP contribution in [0.15, 0.2) is 48.0 Å². The number of halogens is 2. The summed E-state index contributed by atoms with van der Waals surface area (Å²) in [5, 5.41) is 12.0. The number of carbonyl (C=O) groups excluding carboxylic acids is 2. The molecule has 33 heavy (non-hydrogen) atoms. The minimum atomic E-state index is -0.722. The van der Waals surface area contributed by atoms with Crippen molar-refractivity contribution in [3.63, 3.8) is 0 Å². The first-order valence-electron chi connectivity index (χ1n) is 10.9. The van der Waals surface area contributed by atoms with E-state index in [0.717, 1.165) is 19.6 Å². The second kappa shape index (κ2) is 11.1. The molecule has 1 aliphatic heterocycles. The maximum atomic E-state index is 13.1. The van der Waals surface area contributed by atoms with Crippen molar-refractivity contribution in [1.82, 2.24) is 9.80 Å². The number of rotatable bonds is 9. The van der Waals surface area contributed by atoms with Crippen LogP contribution in [0.4, 0.5) is 0 Å². The summed E-state index contributed by atoms with van der Waals surface area (Å²) in [5.41, 5.74) is 1.06. The largest absolute Gasteiger partial charge is 0.507 e. The molecule has 2 aromatic carbocycles. The Bertz CT molecular complexity index is 1050. The van der Waals surface area contributed by atoms with Gasteiger partial charge in [-0.3, -0.25) is 9.59 Å². The monoisotopic (exact) mass is 490 g/mol. The molecule has 1 heterocycles. The molecule has 1 unspecified atom stereocenters. The first-order valence-corrected chi connectivity index (χ1v) is 11.7.